The van der Waals surface area contributed by atoms with Crippen LogP contribution in [0.5, 0.6) is 11.5 Å². The highest BCUT2D eigenvalue weighted by molar-refractivity contribution is 9.10. The Hall–Kier alpha value is -3.69. The van der Waals surface area contributed by atoms with Gasteiger partial charge < -0.3 is 14.6 Å². The van der Waals surface area contributed by atoms with Gasteiger partial charge in [-0.2, -0.15) is 0 Å². The predicted octanol–water partition coefficient (Wildman–Crippen LogP) is 6.02. The maximum absolute atomic E-state index is 13.5. The number of amides is 1. The number of aliphatic hydroxyl groups is 1. The Morgan fingerprint density at radius 3 is 2.78 bits per heavy atom. The first-order valence-corrected chi connectivity index (χ1v) is 13.3. The molecule has 6 rings (SSSR count). The van der Waals surface area contributed by atoms with E-state index in [9.17, 15) is 14.7 Å². The Morgan fingerprint density at radius 2 is 2.00 bits per heavy atom. The molecule has 0 radical (unpaired) electrons. The van der Waals surface area contributed by atoms with Gasteiger partial charge in [-0.15, -0.1) is 0 Å². The molecular weight excluding hydrogens is 556 g/mol. The van der Waals surface area contributed by atoms with E-state index in [0.29, 0.717) is 33.9 Å². The highest BCUT2D eigenvalue weighted by atomic mass is 79.9. The van der Waals surface area contributed by atoms with Crippen molar-refractivity contribution in [3.63, 3.8) is 0 Å². The minimum atomic E-state index is -0.858. The number of nitrogens with zero attached hydrogens (tertiary/aromatic N) is 2. The van der Waals surface area contributed by atoms with Crippen LogP contribution in [0.15, 0.2) is 70.7 Å². The van der Waals surface area contributed by atoms with Crippen molar-refractivity contribution in [2.24, 2.45) is 0 Å². The Bertz CT molecular complexity index is 1630. The minimum absolute atomic E-state index is 0.0202. The second-order valence-electron chi connectivity index (χ2n) is 9.01. The summed E-state index contributed by atoms with van der Waals surface area (Å²) >= 11 is 4.78. The number of aromatic nitrogens is 1. The van der Waals surface area contributed by atoms with E-state index < -0.39 is 17.7 Å². The summed E-state index contributed by atoms with van der Waals surface area (Å²) in [6.45, 7) is 1.98. The Morgan fingerprint density at radius 1 is 1.16 bits per heavy atom. The summed E-state index contributed by atoms with van der Waals surface area (Å²) in [4.78, 5) is 33.0. The van der Waals surface area contributed by atoms with Crippen LogP contribution >= 0.6 is 27.3 Å². The number of ketones is 1. The van der Waals surface area contributed by atoms with Crippen LogP contribution in [-0.2, 0) is 16.0 Å². The molecular formula is C28H21BrN2O5S. The van der Waals surface area contributed by atoms with Gasteiger partial charge in [-0.05, 0) is 66.6 Å². The number of ether oxygens (including phenoxy) is 2. The number of carbonyl (C=O) groups is 2. The third kappa shape index (κ3) is 3.98. The number of thiazole rings is 1. The number of Topliss-reactive ketones (excluding diaryl/α,β-unsaturated/α-hetero) is 1. The number of hydrogen-bond acceptors (Lipinski definition) is 7. The Balaban J connectivity index is 1.53. The zero-order valence-corrected chi connectivity index (χ0v) is 22.3. The van der Waals surface area contributed by atoms with Crippen molar-refractivity contribution in [2.75, 3.05) is 12.0 Å². The second-order valence-corrected chi connectivity index (χ2v) is 10.9. The molecule has 0 spiro atoms. The van der Waals surface area contributed by atoms with Gasteiger partial charge in [0.05, 0.1) is 28.9 Å². The molecule has 1 saturated heterocycles. The van der Waals surface area contributed by atoms with Gasteiger partial charge in [0.1, 0.15) is 23.4 Å². The summed E-state index contributed by atoms with van der Waals surface area (Å²) in [6, 6.07) is 17.3. The number of halogens is 1. The second kappa shape index (κ2) is 9.00. The van der Waals surface area contributed by atoms with Crippen LogP contribution in [0.1, 0.15) is 29.7 Å². The maximum atomic E-state index is 13.5. The first kappa shape index (κ1) is 23.7. The fourth-order valence-corrected chi connectivity index (χ4v) is 6.31. The molecule has 4 aromatic rings. The standard InChI is InChI=1S/C28H21BrN2O5S/c1-14-10-17-11-16(6-9-21(17)36-14)25(32)23-24(15-4-3-5-18(29)12-15)31(27(34)26(23)33)28-30-20-8-7-19(35-2)13-22(20)37-28/h3-9,11-14,24,32H,10H2,1-2H3/b25-23+/t14-,24+/m1/s1. The molecule has 37 heavy (non-hydrogen) atoms. The van der Waals surface area contributed by atoms with Crippen molar-refractivity contribution in [3.8, 4) is 11.5 Å². The molecule has 3 heterocycles. The number of hydrogen-bond donors (Lipinski definition) is 1. The summed E-state index contributed by atoms with van der Waals surface area (Å²) in [7, 11) is 1.58. The zero-order chi connectivity index (χ0) is 25.8. The highest BCUT2D eigenvalue weighted by Gasteiger charge is 2.48. The van der Waals surface area contributed by atoms with Crippen molar-refractivity contribution < 1.29 is 24.2 Å². The minimum Gasteiger partial charge on any atom is -0.507 e. The van der Waals surface area contributed by atoms with Gasteiger partial charge in [0.25, 0.3) is 5.78 Å². The molecule has 2 aliphatic rings. The third-order valence-corrected chi connectivity index (χ3v) is 8.08. The van der Waals surface area contributed by atoms with Gasteiger partial charge in [0.2, 0.25) is 0 Å². The zero-order valence-electron chi connectivity index (χ0n) is 19.9. The van der Waals surface area contributed by atoms with E-state index in [4.69, 9.17) is 9.47 Å². The molecule has 186 valence electrons. The van der Waals surface area contributed by atoms with Crippen LogP contribution in [0.3, 0.4) is 0 Å². The Labute approximate surface area is 225 Å². The molecule has 0 aliphatic carbocycles. The number of fused-ring (bicyclic) bond motifs is 2. The fraction of sp³-hybridized carbons (Fsp3) is 0.179. The lowest BCUT2D eigenvalue weighted by molar-refractivity contribution is -0.132. The number of anilines is 1. The molecule has 2 atom stereocenters. The molecule has 1 N–H and O–H groups in total. The number of methoxy groups -OCH3 is 1. The maximum Gasteiger partial charge on any atom is 0.301 e. The first-order valence-electron chi connectivity index (χ1n) is 11.6. The smallest absolute Gasteiger partial charge is 0.301 e. The van der Waals surface area contributed by atoms with Gasteiger partial charge in [0.15, 0.2) is 5.13 Å². The lowest BCUT2D eigenvalue weighted by Gasteiger charge is -2.23. The van der Waals surface area contributed by atoms with Crippen LogP contribution in [0, 0.1) is 0 Å². The highest BCUT2D eigenvalue weighted by Crippen LogP contribution is 2.45. The SMILES string of the molecule is COc1ccc2nc(N3C(=O)C(=O)/C(=C(/O)c4ccc5c(c4)C[C@@H](C)O5)[C@@H]3c3cccc(Br)c3)sc2c1. The van der Waals surface area contributed by atoms with E-state index in [-0.39, 0.29) is 17.4 Å². The molecule has 0 bridgehead atoms. The lowest BCUT2D eigenvalue weighted by Crippen LogP contribution is -2.29. The van der Waals surface area contributed by atoms with Gasteiger partial charge >= 0.3 is 5.91 Å². The summed E-state index contributed by atoms with van der Waals surface area (Å²) in [5, 5.41) is 11.8. The molecule has 2 aliphatic heterocycles. The van der Waals surface area contributed by atoms with E-state index in [0.717, 1.165) is 20.5 Å². The van der Waals surface area contributed by atoms with Crippen LogP contribution < -0.4 is 14.4 Å². The average molecular weight is 577 g/mol. The fourth-order valence-electron chi connectivity index (χ4n) is 4.87. The van der Waals surface area contributed by atoms with Crippen LogP contribution in [0.2, 0.25) is 0 Å². The summed E-state index contributed by atoms with van der Waals surface area (Å²) in [5.41, 5.74) is 2.79. The number of benzene rings is 3. The normalized spacial score (nSPS) is 20.4. The lowest BCUT2D eigenvalue weighted by atomic mass is 9.94. The molecule has 0 unspecified atom stereocenters. The monoisotopic (exact) mass is 576 g/mol. The van der Waals surface area contributed by atoms with Crippen molar-refractivity contribution in [1.29, 1.82) is 0 Å². The third-order valence-electron chi connectivity index (χ3n) is 6.57. The molecule has 7 nitrogen and oxygen atoms in total. The van der Waals surface area contributed by atoms with E-state index in [1.807, 2.05) is 49.4 Å². The quantitative estimate of drug-likeness (QED) is 0.181. The van der Waals surface area contributed by atoms with Crippen LogP contribution in [-0.4, -0.2) is 35.0 Å². The topological polar surface area (TPSA) is 89.0 Å². The molecule has 0 saturated carbocycles. The van der Waals surface area contributed by atoms with Crippen molar-refractivity contribution >= 4 is 60.1 Å². The van der Waals surface area contributed by atoms with E-state index >= 15 is 0 Å². The van der Waals surface area contributed by atoms with Gasteiger partial charge in [-0.1, -0.05) is 39.4 Å². The van der Waals surface area contributed by atoms with Crippen LogP contribution in [0.4, 0.5) is 5.13 Å². The van der Waals surface area contributed by atoms with Crippen molar-refractivity contribution in [1.82, 2.24) is 4.98 Å². The average Bonchev–Trinajstić information content (AvgIpc) is 3.55. The number of rotatable bonds is 4. The molecule has 9 heteroatoms. The molecule has 1 fully saturated rings. The van der Waals surface area contributed by atoms with E-state index in [1.54, 1.807) is 25.3 Å². The van der Waals surface area contributed by atoms with Crippen molar-refractivity contribution in [2.45, 2.75) is 25.5 Å². The number of carbonyl (C=O) groups excluding carboxylic acids is 2. The van der Waals surface area contributed by atoms with E-state index in [2.05, 4.69) is 20.9 Å². The van der Waals surface area contributed by atoms with Gasteiger partial charge in [0, 0.05) is 16.5 Å². The van der Waals surface area contributed by atoms with E-state index in [1.165, 1.54) is 16.2 Å². The first-order chi connectivity index (χ1) is 17.8. The summed E-state index contributed by atoms with van der Waals surface area (Å²) < 4.78 is 12.7. The molecule has 1 aromatic heterocycles. The van der Waals surface area contributed by atoms with Gasteiger partial charge in [-0.25, -0.2) is 4.98 Å². The van der Waals surface area contributed by atoms with Gasteiger partial charge in [-0.3, -0.25) is 14.5 Å². The predicted molar refractivity (Wildman–Crippen MR) is 145 cm³/mol. The van der Waals surface area contributed by atoms with Crippen LogP contribution in [0.25, 0.3) is 16.0 Å². The summed E-state index contributed by atoms with van der Waals surface area (Å²) in [5.74, 6) is -0.294. The number of aliphatic hydroxyl groups excluding tert-OH is 1. The Kier molecular flexibility index (Phi) is 5.77. The molecule has 1 amide bonds. The summed E-state index contributed by atoms with van der Waals surface area (Å²) in [6.07, 6.45) is 0.743. The molecule has 3 aromatic carbocycles. The van der Waals surface area contributed by atoms with Crippen molar-refractivity contribution in [3.05, 3.63) is 87.4 Å². The largest absolute Gasteiger partial charge is 0.507 e.